The summed E-state index contributed by atoms with van der Waals surface area (Å²) < 4.78 is 13.0. The molecule has 1 rings (SSSR count). The van der Waals surface area contributed by atoms with E-state index in [0.717, 1.165) is 21.5 Å². The zero-order valence-electron chi connectivity index (χ0n) is 11.7. The number of hydrogen-bond donors (Lipinski definition) is 1. The van der Waals surface area contributed by atoms with E-state index in [9.17, 15) is 4.21 Å². The lowest BCUT2D eigenvalue weighted by Gasteiger charge is -2.06. The first-order chi connectivity index (χ1) is 9.15. The van der Waals surface area contributed by atoms with Crippen LogP contribution in [0.1, 0.15) is 51.9 Å². The van der Waals surface area contributed by atoms with Gasteiger partial charge in [-0.3, -0.25) is 4.21 Å². The van der Waals surface area contributed by atoms with E-state index in [1.165, 1.54) is 38.5 Å². The first kappa shape index (κ1) is 16.7. The molecule has 0 bridgehead atoms. The van der Waals surface area contributed by atoms with Crippen molar-refractivity contribution in [3.8, 4) is 0 Å². The number of rotatable bonds is 9. The van der Waals surface area contributed by atoms with Crippen molar-refractivity contribution in [3.63, 3.8) is 0 Å². The Bertz CT molecular complexity index is 409. The van der Waals surface area contributed by atoms with Gasteiger partial charge in [0.05, 0.1) is 15.7 Å². The average Bonchev–Trinajstić information content (AvgIpc) is 2.37. The SMILES string of the molecule is CCCCCCCCCS(=O)c1ccc(N)cc1Br. The lowest BCUT2D eigenvalue weighted by atomic mass is 10.1. The summed E-state index contributed by atoms with van der Waals surface area (Å²) >= 11 is 3.43. The largest absolute Gasteiger partial charge is 0.399 e. The van der Waals surface area contributed by atoms with Crippen LogP contribution in [0.2, 0.25) is 0 Å². The van der Waals surface area contributed by atoms with E-state index in [0.29, 0.717) is 5.69 Å². The Morgan fingerprint density at radius 3 is 2.37 bits per heavy atom. The van der Waals surface area contributed by atoms with Crippen LogP contribution in [0.4, 0.5) is 5.69 Å². The second-order valence-corrected chi connectivity index (χ2v) is 7.25. The Balaban J connectivity index is 2.24. The summed E-state index contributed by atoms with van der Waals surface area (Å²) in [6.45, 7) is 2.23. The highest BCUT2D eigenvalue weighted by atomic mass is 79.9. The van der Waals surface area contributed by atoms with Crippen molar-refractivity contribution in [2.24, 2.45) is 0 Å². The maximum absolute atomic E-state index is 12.2. The minimum atomic E-state index is -0.914. The van der Waals surface area contributed by atoms with Crippen LogP contribution in [0.25, 0.3) is 0 Å². The van der Waals surface area contributed by atoms with Crippen molar-refractivity contribution in [3.05, 3.63) is 22.7 Å². The van der Waals surface area contributed by atoms with Gasteiger partial charge in [-0.2, -0.15) is 0 Å². The van der Waals surface area contributed by atoms with Crippen molar-refractivity contribution in [2.45, 2.75) is 56.8 Å². The normalized spacial score (nSPS) is 12.5. The first-order valence-electron chi connectivity index (χ1n) is 7.08. The molecule has 0 radical (unpaired) electrons. The predicted octanol–water partition coefficient (Wildman–Crippen LogP) is 4.89. The van der Waals surface area contributed by atoms with E-state index in [-0.39, 0.29) is 0 Å². The number of halogens is 1. The highest BCUT2D eigenvalue weighted by Gasteiger charge is 2.08. The molecule has 0 saturated heterocycles. The van der Waals surface area contributed by atoms with Gasteiger partial charge in [0.25, 0.3) is 0 Å². The van der Waals surface area contributed by atoms with Crippen LogP contribution < -0.4 is 5.73 Å². The fourth-order valence-electron chi connectivity index (χ4n) is 2.00. The maximum Gasteiger partial charge on any atom is 0.0541 e. The monoisotopic (exact) mass is 345 g/mol. The fraction of sp³-hybridized carbons (Fsp3) is 0.600. The van der Waals surface area contributed by atoms with Crippen LogP contribution in [0.3, 0.4) is 0 Å². The van der Waals surface area contributed by atoms with Gasteiger partial charge in [-0.1, -0.05) is 45.4 Å². The molecule has 0 aliphatic carbocycles. The predicted molar refractivity (Wildman–Crippen MR) is 87.8 cm³/mol. The Kier molecular flexibility index (Phi) is 8.38. The molecule has 0 saturated carbocycles. The molecule has 2 nitrogen and oxygen atoms in total. The van der Waals surface area contributed by atoms with Crippen LogP contribution >= 0.6 is 15.9 Å². The average molecular weight is 346 g/mol. The maximum atomic E-state index is 12.2. The summed E-state index contributed by atoms with van der Waals surface area (Å²) in [5, 5.41) is 0. The topological polar surface area (TPSA) is 43.1 Å². The van der Waals surface area contributed by atoms with E-state index in [4.69, 9.17) is 5.73 Å². The number of nitrogen functional groups attached to an aromatic ring is 1. The Hall–Kier alpha value is -0.350. The molecule has 0 fully saturated rings. The first-order valence-corrected chi connectivity index (χ1v) is 9.19. The van der Waals surface area contributed by atoms with Crippen molar-refractivity contribution in [1.82, 2.24) is 0 Å². The molecule has 0 heterocycles. The van der Waals surface area contributed by atoms with Crippen LogP contribution in [-0.4, -0.2) is 9.96 Å². The van der Waals surface area contributed by atoms with Gasteiger partial charge in [-0.15, -0.1) is 0 Å². The highest BCUT2D eigenvalue weighted by molar-refractivity contribution is 9.10. The third-order valence-electron chi connectivity index (χ3n) is 3.13. The standard InChI is InChI=1S/C15H24BrNOS/c1-2-3-4-5-6-7-8-11-19(18)15-10-9-13(17)12-14(15)16/h9-10,12H,2-8,11,17H2,1H3. The van der Waals surface area contributed by atoms with Gasteiger partial charge < -0.3 is 5.73 Å². The van der Waals surface area contributed by atoms with E-state index in [1.54, 1.807) is 0 Å². The second-order valence-electron chi connectivity index (χ2n) is 4.86. The molecule has 0 aromatic heterocycles. The smallest absolute Gasteiger partial charge is 0.0541 e. The lowest BCUT2D eigenvalue weighted by molar-refractivity contribution is 0.601. The van der Waals surface area contributed by atoms with Crippen LogP contribution in [0.5, 0.6) is 0 Å². The summed E-state index contributed by atoms with van der Waals surface area (Å²) in [6, 6.07) is 5.48. The number of nitrogens with two attached hydrogens (primary N) is 1. The van der Waals surface area contributed by atoms with Crippen molar-refractivity contribution in [2.75, 3.05) is 11.5 Å². The van der Waals surface area contributed by atoms with Gasteiger partial charge >= 0.3 is 0 Å². The van der Waals surface area contributed by atoms with Gasteiger partial charge in [0.1, 0.15) is 0 Å². The molecule has 0 amide bonds. The molecule has 4 heteroatoms. The Morgan fingerprint density at radius 2 is 1.74 bits per heavy atom. The highest BCUT2D eigenvalue weighted by Crippen LogP contribution is 2.23. The molecule has 108 valence electrons. The van der Waals surface area contributed by atoms with Gasteiger partial charge in [0, 0.05) is 15.9 Å². The molecule has 0 spiro atoms. The number of benzene rings is 1. The van der Waals surface area contributed by atoms with Gasteiger partial charge in [-0.25, -0.2) is 0 Å². The fourth-order valence-corrected chi connectivity index (χ4v) is 4.12. The third-order valence-corrected chi connectivity index (χ3v) is 5.56. The molecule has 2 N–H and O–H groups in total. The summed E-state index contributed by atoms with van der Waals surface area (Å²) in [5.74, 6) is 0.746. The molecular weight excluding hydrogens is 322 g/mol. The van der Waals surface area contributed by atoms with Crippen LogP contribution in [0.15, 0.2) is 27.6 Å². The summed E-state index contributed by atoms with van der Waals surface area (Å²) in [7, 11) is -0.914. The molecule has 1 aromatic rings. The second kappa shape index (κ2) is 9.54. The molecular formula is C15H24BrNOS. The zero-order valence-corrected chi connectivity index (χ0v) is 14.1. The van der Waals surface area contributed by atoms with Gasteiger partial charge in [0.2, 0.25) is 0 Å². The molecule has 1 atom stereocenters. The van der Waals surface area contributed by atoms with E-state index in [1.807, 2.05) is 18.2 Å². The van der Waals surface area contributed by atoms with Crippen molar-refractivity contribution < 1.29 is 4.21 Å². The summed E-state index contributed by atoms with van der Waals surface area (Å²) in [6.07, 6.45) is 8.76. The van der Waals surface area contributed by atoms with E-state index in [2.05, 4.69) is 22.9 Å². The van der Waals surface area contributed by atoms with E-state index < -0.39 is 10.8 Å². The molecule has 0 aliphatic heterocycles. The van der Waals surface area contributed by atoms with Gasteiger partial charge in [-0.05, 0) is 40.5 Å². The molecule has 1 aromatic carbocycles. The Morgan fingerprint density at radius 1 is 1.11 bits per heavy atom. The number of anilines is 1. The molecule has 19 heavy (non-hydrogen) atoms. The molecule has 0 aliphatic rings. The lowest BCUT2D eigenvalue weighted by Crippen LogP contribution is -2.00. The van der Waals surface area contributed by atoms with Crippen LogP contribution in [-0.2, 0) is 10.8 Å². The summed E-state index contributed by atoms with van der Waals surface area (Å²) in [5.41, 5.74) is 6.38. The summed E-state index contributed by atoms with van der Waals surface area (Å²) in [4.78, 5) is 0.861. The third kappa shape index (κ3) is 6.57. The van der Waals surface area contributed by atoms with E-state index >= 15 is 0 Å². The minimum absolute atomic E-state index is 0.698. The molecule has 1 unspecified atom stereocenters. The quantitative estimate of drug-likeness (QED) is 0.511. The van der Waals surface area contributed by atoms with Crippen LogP contribution in [0, 0.1) is 0 Å². The number of hydrogen-bond acceptors (Lipinski definition) is 2. The Labute approximate surface area is 127 Å². The zero-order chi connectivity index (χ0) is 14.1. The minimum Gasteiger partial charge on any atom is -0.399 e. The van der Waals surface area contributed by atoms with Crippen molar-refractivity contribution in [1.29, 1.82) is 0 Å². The van der Waals surface area contributed by atoms with Gasteiger partial charge in [0.15, 0.2) is 0 Å². The number of unbranched alkanes of at least 4 members (excludes halogenated alkanes) is 6. The van der Waals surface area contributed by atoms with Crippen molar-refractivity contribution >= 4 is 32.4 Å².